The zero-order chi connectivity index (χ0) is 22.6. The lowest BCUT2D eigenvalue weighted by Crippen LogP contribution is -2.49. The molecule has 0 radical (unpaired) electrons. The van der Waals surface area contributed by atoms with Gasteiger partial charge in [-0.05, 0) is 57.0 Å². The lowest BCUT2D eigenvalue weighted by Gasteiger charge is -2.27. The second kappa shape index (κ2) is 9.16. The molecule has 0 fully saturated rings. The number of benzene rings is 2. The minimum absolute atomic E-state index is 0.184. The third-order valence-corrected chi connectivity index (χ3v) is 4.31. The molecule has 0 aliphatic rings. The predicted molar refractivity (Wildman–Crippen MR) is 116 cm³/mol. The van der Waals surface area contributed by atoms with E-state index < -0.39 is 11.7 Å². The van der Waals surface area contributed by atoms with E-state index in [2.05, 4.69) is 4.98 Å². The summed E-state index contributed by atoms with van der Waals surface area (Å²) in [6.45, 7) is 7.69. The van der Waals surface area contributed by atoms with E-state index in [1.54, 1.807) is 51.1 Å². The minimum Gasteiger partial charge on any atom is -0.489 e. The van der Waals surface area contributed by atoms with E-state index in [4.69, 9.17) is 9.47 Å². The fourth-order valence-electron chi connectivity index (χ4n) is 2.96. The second-order valence-corrected chi connectivity index (χ2v) is 8.10. The minimum atomic E-state index is -0.690. The van der Waals surface area contributed by atoms with Crippen LogP contribution in [0.15, 0.2) is 53.6 Å². The van der Waals surface area contributed by atoms with Crippen LogP contribution in [0.3, 0.4) is 0 Å². The van der Waals surface area contributed by atoms with Crippen molar-refractivity contribution in [2.24, 2.45) is 0 Å². The third kappa shape index (κ3) is 5.59. The first kappa shape index (κ1) is 22.3. The molecule has 0 aliphatic carbocycles. The van der Waals surface area contributed by atoms with Gasteiger partial charge in [-0.15, -0.1) is 0 Å². The summed E-state index contributed by atoms with van der Waals surface area (Å²) in [7, 11) is 0. The molecule has 1 heterocycles. The first-order valence-electron chi connectivity index (χ1n) is 10.1. The van der Waals surface area contributed by atoms with Crippen LogP contribution in [0.1, 0.15) is 39.7 Å². The molecule has 31 heavy (non-hydrogen) atoms. The number of amides is 1. The molecule has 3 rings (SSSR count). The maximum atomic E-state index is 13.3. The highest BCUT2D eigenvalue weighted by atomic mass is 19.1. The van der Waals surface area contributed by atoms with Crippen LogP contribution in [0.25, 0.3) is 10.9 Å². The van der Waals surface area contributed by atoms with Crippen molar-refractivity contribution in [3.8, 4) is 5.75 Å². The van der Waals surface area contributed by atoms with Gasteiger partial charge in [0.1, 0.15) is 30.1 Å². The predicted octanol–water partition coefficient (Wildman–Crippen LogP) is 4.40. The van der Waals surface area contributed by atoms with E-state index in [0.717, 1.165) is 0 Å². The monoisotopic (exact) mass is 427 g/mol. The molecule has 164 valence electrons. The SMILES string of the molecule is CCCN(C(=O)OC(C)(C)C)n1cnc2cc(OCc3cccc(F)c3)ccc2c1=O. The van der Waals surface area contributed by atoms with Gasteiger partial charge in [0.2, 0.25) is 0 Å². The highest BCUT2D eigenvalue weighted by Crippen LogP contribution is 2.19. The average Bonchev–Trinajstić information content (AvgIpc) is 2.70. The van der Waals surface area contributed by atoms with E-state index >= 15 is 0 Å². The van der Waals surface area contributed by atoms with Gasteiger partial charge in [-0.3, -0.25) is 4.79 Å². The van der Waals surface area contributed by atoms with Crippen molar-refractivity contribution >= 4 is 17.0 Å². The van der Waals surface area contributed by atoms with Crippen LogP contribution in [-0.2, 0) is 11.3 Å². The van der Waals surface area contributed by atoms with Crippen LogP contribution in [0.5, 0.6) is 5.75 Å². The summed E-state index contributed by atoms with van der Waals surface area (Å²) < 4.78 is 25.6. The number of halogens is 1. The summed E-state index contributed by atoms with van der Waals surface area (Å²) in [4.78, 5) is 30.0. The van der Waals surface area contributed by atoms with E-state index in [9.17, 15) is 14.0 Å². The quantitative estimate of drug-likeness (QED) is 0.583. The van der Waals surface area contributed by atoms with Gasteiger partial charge in [0.05, 0.1) is 10.9 Å². The van der Waals surface area contributed by atoms with Crippen LogP contribution in [0, 0.1) is 5.82 Å². The summed E-state index contributed by atoms with van der Waals surface area (Å²) in [6.07, 6.45) is 1.32. The van der Waals surface area contributed by atoms with Gasteiger partial charge in [0.15, 0.2) is 0 Å². The Bertz CT molecular complexity index is 1140. The molecule has 0 saturated carbocycles. The van der Waals surface area contributed by atoms with Gasteiger partial charge in [-0.25, -0.2) is 23.9 Å². The molecule has 0 bridgehead atoms. The van der Waals surface area contributed by atoms with Gasteiger partial charge in [0, 0.05) is 12.6 Å². The van der Waals surface area contributed by atoms with Crippen molar-refractivity contribution in [2.75, 3.05) is 11.6 Å². The van der Waals surface area contributed by atoms with Crippen LogP contribution in [-0.4, -0.2) is 27.9 Å². The Morgan fingerprint density at radius 3 is 2.65 bits per heavy atom. The number of carbonyl (C=O) groups excluding carboxylic acids is 1. The first-order chi connectivity index (χ1) is 14.7. The molecule has 3 aromatic rings. The number of carbonyl (C=O) groups is 1. The smallest absolute Gasteiger partial charge is 0.429 e. The number of ether oxygens (including phenoxy) is 2. The molecule has 0 unspecified atom stereocenters. The summed E-state index contributed by atoms with van der Waals surface area (Å²) >= 11 is 0. The molecule has 2 aromatic carbocycles. The molecule has 1 aromatic heterocycles. The third-order valence-electron chi connectivity index (χ3n) is 4.31. The zero-order valence-corrected chi connectivity index (χ0v) is 18.1. The van der Waals surface area contributed by atoms with Gasteiger partial charge >= 0.3 is 6.09 Å². The van der Waals surface area contributed by atoms with Gasteiger partial charge in [0.25, 0.3) is 5.56 Å². The molecule has 1 amide bonds. The lowest BCUT2D eigenvalue weighted by atomic mass is 10.2. The van der Waals surface area contributed by atoms with Crippen molar-refractivity contribution in [3.05, 3.63) is 70.5 Å². The van der Waals surface area contributed by atoms with E-state index in [-0.39, 0.29) is 18.0 Å². The fraction of sp³-hybridized carbons (Fsp3) is 0.348. The molecular formula is C23H26FN3O4. The van der Waals surface area contributed by atoms with Crippen molar-refractivity contribution in [1.29, 1.82) is 0 Å². The average molecular weight is 427 g/mol. The lowest BCUT2D eigenvalue weighted by molar-refractivity contribution is 0.0535. The van der Waals surface area contributed by atoms with Crippen LogP contribution in [0.2, 0.25) is 0 Å². The number of nitrogens with zero attached hydrogens (tertiary/aromatic N) is 3. The molecular weight excluding hydrogens is 401 g/mol. The van der Waals surface area contributed by atoms with Crippen molar-refractivity contribution < 1.29 is 18.7 Å². The summed E-state index contributed by atoms with van der Waals surface area (Å²) in [5.74, 6) is 0.169. The van der Waals surface area contributed by atoms with E-state index in [1.165, 1.54) is 28.1 Å². The number of rotatable bonds is 6. The van der Waals surface area contributed by atoms with Gasteiger partial charge in [-0.2, -0.15) is 0 Å². The molecule has 0 N–H and O–H groups in total. The van der Waals surface area contributed by atoms with Crippen molar-refractivity contribution in [3.63, 3.8) is 0 Å². The van der Waals surface area contributed by atoms with Crippen LogP contribution < -0.4 is 15.3 Å². The maximum absolute atomic E-state index is 13.3. The first-order valence-corrected chi connectivity index (χ1v) is 10.1. The Morgan fingerprint density at radius 1 is 1.19 bits per heavy atom. The van der Waals surface area contributed by atoms with Crippen LogP contribution >= 0.6 is 0 Å². The largest absolute Gasteiger partial charge is 0.489 e. The second-order valence-electron chi connectivity index (χ2n) is 8.10. The van der Waals surface area contributed by atoms with E-state index in [1.807, 2.05) is 6.92 Å². The summed E-state index contributed by atoms with van der Waals surface area (Å²) in [6, 6.07) is 11.0. The Hall–Kier alpha value is -3.42. The Morgan fingerprint density at radius 2 is 1.97 bits per heavy atom. The highest BCUT2D eigenvalue weighted by molar-refractivity contribution is 5.81. The Labute approximate surface area is 180 Å². The number of fused-ring (bicyclic) bond motifs is 1. The van der Waals surface area contributed by atoms with E-state index in [0.29, 0.717) is 35.2 Å². The molecule has 0 saturated heterocycles. The molecule has 8 heteroatoms. The van der Waals surface area contributed by atoms with Crippen LogP contribution in [0.4, 0.5) is 9.18 Å². The number of hydrogen-bond acceptors (Lipinski definition) is 5. The molecule has 0 atom stereocenters. The van der Waals surface area contributed by atoms with Crippen molar-refractivity contribution in [2.45, 2.75) is 46.3 Å². The molecule has 7 nitrogen and oxygen atoms in total. The molecule has 0 spiro atoms. The topological polar surface area (TPSA) is 73.7 Å². The van der Waals surface area contributed by atoms with Gasteiger partial charge in [-0.1, -0.05) is 19.1 Å². The maximum Gasteiger partial charge on any atom is 0.429 e. The number of aromatic nitrogens is 2. The van der Waals surface area contributed by atoms with Crippen molar-refractivity contribution in [1.82, 2.24) is 9.66 Å². The fourth-order valence-corrected chi connectivity index (χ4v) is 2.96. The Balaban J connectivity index is 1.86. The highest BCUT2D eigenvalue weighted by Gasteiger charge is 2.24. The zero-order valence-electron chi connectivity index (χ0n) is 18.1. The number of hydrogen-bond donors (Lipinski definition) is 0. The standard InChI is InChI=1S/C23H26FN3O4/c1-5-11-26(22(29)31-23(2,3)4)27-15-25-20-13-18(9-10-19(20)21(27)28)30-14-16-7-6-8-17(24)12-16/h6-10,12-13,15H,5,11,14H2,1-4H3. The van der Waals surface area contributed by atoms with Gasteiger partial charge < -0.3 is 9.47 Å². The normalized spacial score (nSPS) is 11.4. The summed E-state index contributed by atoms with van der Waals surface area (Å²) in [5.41, 5.74) is 0.0425. The molecule has 0 aliphatic heterocycles. The summed E-state index contributed by atoms with van der Waals surface area (Å²) in [5, 5.41) is 1.58. The Kier molecular flexibility index (Phi) is 6.58.